The summed E-state index contributed by atoms with van der Waals surface area (Å²) in [7, 11) is 0. The minimum Gasteiger partial charge on any atom is -0.368 e. The van der Waals surface area contributed by atoms with E-state index in [0.717, 1.165) is 25.7 Å². The molecule has 1 rings (SSSR count). The summed E-state index contributed by atoms with van der Waals surface area (Å²) in [6.45, 7) is 1.61. The minimum absolute atomic E-state index is 0.0807. The smallest absolute Gasteiger partial charge is 0.368 e. The second kappa shape index (κ2) is 6.59. The van der Waals surface area contributed by atoms with E-state index in [4.69, 9.17) is 5.73 Å². The van der Waals surface area contributed by atoms with Crippen molar-refractivity contribution in [2.75, 3.05) is 0 Å². The third kappa shape index (κ3) is 5.80. The van der Waals surface area contributed by atoms with Crippen LogP contribution in [0.2, 0.25) is 0 Å². The SMILES string of the molecule is CC(CCCC(F)(F)F)(NC1CCCCC1)C(N)=O. The Morgan fingerprint density at radius 3 is 2.26 bits per heavy atom. The van der Waals surface area contributed by atoms with Crippen molar-refractivity contribution in [1.29, 1.82) is 0 Å². The van der Waals surface area contributed by atoms with Gasteiger partial charge in [-0.05, 0) is 32.6 Å². The fraction of sp³-hybridized carbons (Fsp3) is 0.923. The lowest BCUT2D eigenvalue weighted by Gasteiger charge is -2.34. The van der Waals surface area contributed by atoms with E-state index < -0.39 is 24.0 Å². The van der Waals surface area contributed by atoms with Crippen molar-refractivity contribution in [1.82, 2.24) is 5.32 Å². The van der Waals surface area contributed by atoms with Crippen molar-refractivity contribution in [3.63, 3.8) is 0 Å². The Hall–Kier alpha value is -0.780. The number of nitrogens with two attached hydrogens (primary N) is 1. The average molecular weight is 280 g/mol. The van der Waals surface area contributed by atoms with Crippen LogP contribution in [0.3, 0.4) is 0 Å². The van der Waals surface area contributed by atoms with Gasteiger partial charge in [0.1, 0.15) is 0 Å². The molecule has 0 radical (unpaired) electrons. The van der Waals surface area contributed by atoms with E-state index in [1.54, 1.807) is 6.92 Å². The fourth-order valence-electron chi connectivity index (χ4n) is 2.61. The molecule has 0 aliphatic heterocycles. The fourth-order valence-corrected chi connectivity index (χ4v) is 2.61. The van der Waals surface area contributed by atoms with Crippen LogP contribution in [-0.2, 0) is 4.79 Å². The molecule has 1 amide bonds. The number of primary amides is 1. The highest BCUT2D eigenvalue weighted by atomic mass is 19.4. The van der Waals surface area contributed by atoms with Gasteiger partial charge in [-0.3, -0.25) is 4.79 Å². The van der Waals surface area contributed by atoms with Crippen molar-refractivity contribution < 1.29 is 18.0 Å². The van der Waals surface area contributed by atoms with Crippen LogP contribution in [0.1, 0.15) is 58.3 Å². The van der Waals surface area contributed by atoms with E-state index >= 15 is 0 Å². The molecule has 6 heteroatoms. The molecule has 1 unspecified atom stereocenters. The maximum atomic E-state index is 12.2. The van der Waals surface area contributed by atoms with Crippen molar-refractivity contribution >= 4 is 5.91 Å². The minimum atomic E-state index is -4.18. The topological polar surface area (TPSA) is 55.1 Å². The van der Waals surface area contributed by atoms with Crippen molar-refractivity contribution in [3.8, 4) is 0 Å². The summed E-state index contributed by atoms with van der Waals surface area (Å²) in [6, 6.07) is 0.192. The lowest BCUT2D eigenvalue weighted by atomic mass is 9.88. The molecule has 1 saturated carbocycles. The van der Waals surface area contributed by atoms with Gasteiger partial charge in [-0.2, -0.15) is 13.2 Å². The van der Waals surface area contributed by atoms with Crippen LogP contribution >= 0.6 is 0 Å². The number of halogens is 3. The van der Waals surface area contributed by atoms with E-state index in [9.17, 15) is 18.0 Å². The van der Waals surface area contributed by atoms with E-state index in [1.807, 2.05) is 0 Å². The Morgan fingerprint density at radius 1 is 1.21 bits per heavy atom. The van der Waals surface area contributed by atoms with Gasteiger partial charge in [-0.15, -0.1) is 0 Å². The highest BCUT2D eigenvalue weighted by Gasteiger charge is 2.35. The molecule has 0 aromatic rings. The molecule has 0 bridgehead atoms. The maximum Gasteiger partial charge on any atom is 0.389 e. The molecule has 0 aromatic carbocycles. The number of nitrogens with one attached hydrogen (secondary N) is 1. The molecule has 1 aliphatic rings. The lowest BCUT2D eigenvalue weighted by Crippen LogP contribution is -2.57. The van der Waals surface area contributed by atoms with Gasteiger partial charge in [0.25, 0.3) is 0 Å². The zero-order valence-electron chi connectivity index (χ0n) is 11.4. The zero-order valence-corrected chi connectivity index (χ0v) is 11.4. The first kappa shape index (κ1) is 16.3. The Kier molecular flexibility index (Phi) is 5.64. The third-order valence-electron chi connectivity index (χ3n) is 3.81. The first-order chi connectivity index (χ1) is 8.73. The molecule has 0 aromatic heterocycles. The van der Waals surface area contributed by atoms with Gasteiger partial charge >= 0.3 is 6.18 Å². The van der Waals surface area contributed by atoms with E-state index in [-0.39, 0.29) is 18.9 Å². The first-order valence-electron chi connectivity index (χ1n) is 6.87. The standard InChI is InChI=1S/C13H23F3N2O/c1-12(11(17)19,8-5-9-13(14,15)16)18-10-6-3-2-4-7-10/h10,18H,2-9H2,1H3,(H2,17,19). The second-order valence-corrected chi connectivity index (χ2v) is 5.64. The number of carbonyl (C=O) groups is 1. The van der Waals surface area contributed by atoms with Gasteiger partial charge in [0, 0.05) is 12.5 Å². The molecule has 3 nitrogen and oxygen atoms in total. The van der Waals surface area contributed by atoms with Crippen molar-refractivity contribution in [2.24, 2.45) is 5.73 Å². The van der Waals surface area contributed by atoms with Gasteiger partial charge in [-0.1, -0.05) is 19.3 Å². The molecule has 1 atom stereocenters. The molecule has 0 spiro atoms. The van der Waals surface area contributed by atoms with Gasteiger partial charge in [0.15, 0.2) is 0 Å². The molecular formula is C13H23F3N2O. The molecule has 112 valence electrons. The van der Waals surface area contributed by atoms with Gasteiger partial charge in [-0.25, -0.2) is 0 Å². The van der Waals surface area contributed by atoms with Crippen molar-refractivity contribution in [2.45, 2.75) is 76.0 Å². The number of alkyl halides is 3. The van der Waals surface area contributed by atoms with Crippen LogP contribution in [-0.4, -0.2) is 23.7 Å². The highest BCUT2D eigenvalue weighted by molar-refractivity contribution is 5.84. The quantitative estimate of drug-likeness (QED) is 0.786. The molecule has 3 N–H and O–H groups in total. The van der Waals surface area contributed by atoms with Crippen LogP contribution in [0, 0.1) is 0 Å². The lowest BCUT2D eigenvalue weighted by molar-refractivity contribution is -0.138. The first-order valence-corrected chi connectivity index (χ1v) is 6.87. The summed E-state index contributed by atoms with van der Waals surface area (Å²) >= 11 is 0. The van der Waals surface area contributed by atoms with Crippen LogP contribution in [0.25, 0.3) is 0 Å². The summed E-state index contributed by atoms with van der Waals surface area (Å²) < 4.78 is 36.5. The number of hydrogen-bond acceptors (Lipinski definition) is 2. The predicted octanol–water partition coefficient (Wildman–Crippen LogP) is 2.89. The molecule has 1 aliphatic carbocycles. The predicted molar refractivity (Wildman–Crippen MR) is 67.5 cm³/mol. The number of carbonyl (C=O) groups excluding carboxylic acids is 1. The van der Waals surface area contributed by atoms with Crippen LogP contribution in [0.4, 0.5) is 13.2 Å². The Labute approximate surface area is 112 Å². The largest absolute Gasteiger partial charge is 0.389 e. The van der Waals surface area contributed by atoms with E-state index in [2.05, 4.69) is 5.32 Å². The molecule has 1 fully saturated rings. The summed E-state index contributed by atoms with van der Waals surface area (Å²) in [5.74, 6) is -0.569. The van der Waals surface area contributed by atoms with Crippen LogP contribution < -0.4 is 11.1 Å². The number of amides is 1. The highest BCUT2D eigenvalue weighted by Crippen LogP contribution is 2.26. The Balaban J connectivity index is 2.50. The van der Waals surface area contributed by atoms with E-state index in [0.29, 0.717) is 0 Å². The summed E-state index contributed by atoms with van der Waals surface area (Å²) in [5.41, 5.74) is 4.32. The van der Waals surface area contributed by atoms with Crippen LogP contribution in [0.15, 0.2) is 0 Å². The van der Waals surface area contributed by atoms with E-state index in [1.165, 1.54) is 6.42 Å². The number of rotatable bonds is 6. The van der Waals surface area contributed by atoms with Gasteiger partial charge < -0.3 is 11.1 Å². The number of hydrogen-bond donors (Lipinski definition) is 2. The summed E-state index contributed by atoms with van der Waals surface area (Å²) in [4.78, 5) is 11.5. The Morgan fingerprint density at radius 2 is 1.79 bits per heavy atom. The van der Waals surface area contributed by atoms with Crippen molar-refractivity contribution in [3.05, 3.63) is 0 Å². The van der Waals surface area contributed by atoms with Gasteiger partial charge in [0.05, 0.1) is 5.54 Å². The molecule has 19 heavy (non-hydrogen) atoms. The monoisotopic (exact) mass is 280 g/mol. The third-order valence-corrected chi connectivity index (χ3v) is 3.81. The van der Waals surface area contributed by atoms with Gasteiger partial charge in [0.2, 0.25) is 5.91 Å². The second-order valence-electron chi connectivity index (χ2n) is 5.64. The molecule has 0 saturated heterocycles. The zero-order chi connectivity index (χ0) is 14.5. The summed E-state index contributed by atoms with van der Waals surface area (Å²) in [6.07, 6.45) is 0.278. The summed E-state index contributed by atoms with van der Waals surface area (Å²) in [5, 5.41) is 3.18. The molecule has 0 heterocycles. The maximum absolute atomic E-state index is 12.2. The average Bonchev–Trinajstić information content (AvgIpc) is 2.28. The normalized spacial score (nSPS) is 21.1. The van der Waals surface area contributed by atoms with Crippen LogP contribution in [0.5, 0.6) is 0 Å². The molecular weight excluding hydrogens is 257 g/mol. The Bertz CT molecular complexity index is 301.